The van der Waals surface area contributed by atoms with E-state index in [-0.39, 0.29) is 81.0 Å². The van der Waals surface area contributed by atoms with Crippen LogP contribution in [0.15, 0.2) is 11.6 Å². The van der Waals surface area contributed by atoms with Crippen LogP contribution in [-0.2, 0) is 28.7 Å². The van der Waals surface area contributed by atoms with Crippen LogP contribution in [0.2, 0.25) is 0 Å². The summed E-state index contributed by atoms with van der Waals surface area (Å²) in [4.78, 5) is 51.5. The Bertz CT molecular complexity index is 1800. The predicted octanol–water partition coefficient (Wildman–Crippen LogP) is 10.7. The highest BCUT2D eigenvalue weighted by molar-refractivity contribution is 5.99. The maximum atomic E-state index is 14.2. The number of carbonyl (C=O) groups is 4. The number of hydrogen-bond donors (Lipinski definition) is 2. The zero-order valence-corrected chi connectivity index (χ0v) is 40.3. The molecule has 0 aromatic carbocycles. The van der Waals surface area contributed by atoms with E-state index in [1.165, 1.54) is 27.1 Å². The number of fused-ring (bicyclic) bond motifs is 10. The SMILES string of the molecule is C/C=C1/C(=O)[C@@H]2[C@H](CC[C@]3(C)[C@@H]([C@H](C)CCC(=O)OC)CC[C@@H]23)[C@@]2(C)CC[C@@H](O)C[C@@H]12.[2H]C(C)C1([2H])C(=O)[C@H]2[C@@H]3CC[C@H]([C@H](C)CCC(=O)OC)[C@@]3(C)CC[C@@H]2[C@@]2(C)CC[C@@H](O)C[C@@H]12. The summed E-state index contributed by atoms with van der Waals surface area (Å²) in [6, 6.07) is 0. The normalized spacial score (nSPS) is 49.5. The quantitative estimate of drug-likeness (QED) is 0.173. The number of esters is 2. The van der Waals surface area contributed by atoms with Gasteiger partial charge in [-0.15, -0.1) is 0 Å². The molecule has 0 bridgehead atoms. The molecule has 8 aliphatic rings. The van der Waals surface area contributed by atoms with Gasteiger partial charge in [0.1, 0.15) is 5.78 Å². The van der Waals surface area contributed by atoms with Gasteiger partial charge in [0, 0.05) is 33.3 Å². The van der Waals surface area contributed by atoms with Crippen LogP contribution in [0.5, 0.6) is 0 Å². The zero-order chi connectivity index (χ0) is 46.9. The molecule has 0 spiro atoms. The molecule has 8 heteroatoms. The fourth-order valence-corrected chi connectivity index (χ4v) is 17.6. The lowest BCUT2D eigenvalue weighted by atomic mass is 9.42. The molecule has 0 heterocycles. The lowest BCUT2D eigenvalue weighted by Gasteiger charge is -2.62. The number of ether oxygens (including phenoxy) is 2. The van der Waals surface area contributed by atoms with Crippen molar-refractivity contribution < 1.29 is 41.6 Å². The summed E-state index contributed by atoms with van der Waals surface area (Å²) >= 11 is 0. The number of allylic oxidation sites excluding steroid dienone is 2. The Labute approximate surface area is 378 Å². The molecule has 2 N–H and O–H groups in total. The van der Waals surface area contributed by atoms with Gasteiger partial charge in [0.05, 0.1) is 26.4 Å². The monoisotopic (exact) mass is 865 g/mol. The van der Waals surface area contributed by atoms with Crippen molar-refractivity contribution in [3.05, 3.63) is 11.6 Å². The molecule has 8 fully saturated rings. The van der Waals surface area contributed by atoms with Crippen molar-refractivity contribution >= 4 is 23.5 Å². The second-order valence-electron chi connectivity index (χ2n) is 23.3. The molecule has 0 saturated heterocycles. The molecule has 8 nitrogen and oxygen atoms in total. The van der Waals surface area contributed by atoms with Crippen molar-refractivity contribution in [2.45, 2.75) is 190 Å². The summed E-state index contributed by atoms with van der Waals surface area (Å²) in [7, 11) is 2.90. The van der Waals surface area contributed by atoms with Crippen molar-refractivity contribution in [3.8, 4) is 0 Å². The summed E-state index contributed by atoms with van der Waals surface area (Å²) < 4.78 is 27.8. The molecule has 62 heavy (non-hydrogen) atoms. The first-order chi connectivity index (χ1) is 30.1. The summed E-state index contributed by atoms with van der Waals surface area (Å²) in [5.74, 6) is 1.93. The minimum Gasteiger partial charge on any atom is -0.469 e. The van der Waals surface area contributed by atoms with Gasteiger partial charge in [-0.25, -0.2) is 0 Å². The van der Waals surface area contributed by atoms with Gasteiger partial charge in [-0.05, 0) is 202 Å². The third-order valence-corrected chi connectivity index (χ3v) is 21.0. The highest BCUT2D eigenvalue weighted by Crippen LogP contribution is 2.70. The maximum absolute atomic E-state index is 14.2. The molecular weight excluding hydrogens is 777 g/mol. The van der Waals surface area contributed by atoms with Crippen LogP contribution < -0.4 is 0 Å². The number of aliphatic hydroxyl groups excluding tert-OH is 2. The smallest absolute Gasteiger partial charge is 0.305 e. The van der Waals surface area contributed by atoms with E-state index in [4.69, 9.17) is 10.8 Å². The molecule has 0 amide bonds. The average Bonchev–Trinajstić information content (AvgIpc) is 3.81. The summed E-state index contributed by atoms with van der Waals surface area (Å²) in [6.07, 6.45) is 16.7. The van der Waals surface area contributed by atoms with E-state index in [2.05, 4.69) is 47.6 Å². The first kappa shape index (κ1) is 45.1. The molecule has 8 rings (SSSR count). The number of ketones is 2. The number of carbonyl (C=O) groups excluding carboxylic acids is 4. The van der Waals surface area contributed by atoms with E-state index in [1.54, 1.807) is 6.92 Å². The van der Waals surface area contributed by atoms with Crippen molar-refractivity contribution in [2.24, 2.45) is 98.6 Å². The Morgan fingerprint density at radius 3 is 1.65 bits per heavy atom. The molecule has 0 radical (unpaired) electrons. The molecule has 0 aromatic rings. The Kier molecular flexibility index (Phi) is 13.3. The van der Waals surface area contributed by atoms with Crippen molar-refractivity contribution in [1.82, 2.24) is 0 Å². The number of hydrogen-bond acceptors (Lipinski definition) is 8. The van der Waals surface area contributed by atoms with Crippen LogP contribution in [0.4, 0.5) is 0 Å². The van der Waals surface area contributed by atoms with Crippen molar-refractivity contribution in [3.63, 3.8) is 0 Å². The van der Waals surface area contributed by atoms with Crippen LogP contribution >= 0.6 is 0 Å². The van der Waals surface area contributed by atoms with Crippen LogP contribution in [0.3, 0.4) is 0 Å². The second-order valence-corrected chi connectivity index (χ2v) is 23.3. The highest BCUT2D eigenvalue weighted by Gasteiger charge is 2.66. The Balaban J connectivity index is 0.000000192. The third-order valence-electron chi connectivity index (χ3n) is 21.0. The van der Waals surface area contributed by atoms with Crippen LogP contribution in [0.1, 0.15) is 180 Å². The van der Waals surface area contributed by atoms with Gasteiger partial charge in [-0.2, -0.15) is 0 Å². The van der Waals surface area contributed by atoms with Crippen LogP contribution in [0, 0.1) is 98.6 Å². The fourth-order valence-electron chi connectivity index (χ4n) is 17.6. The topological polar surface area (TPSA) is 127 Å². The third kappa shape index (κ3) is 7.93. The molecular formula is C54H86O8. The van der Waals surface area contributed by atoms with Crippen LogP contribution in [-0.4, -0.2) is 60.1 Å². The fraction of sp³-hybridized carbons (Fsp3) is 0.889. The van der Waals surface area contributed by atoms with E-state index >= 15 is 0 Å². The Hall–Kier alpha value is -2.06. The standard InChI is InChI=1S/C27H44O4.C27H42O4/c2*1-6-18-22-15-17(28)11-13-27(22,4)21-12-14-26(3)19(16(2)7-10-23(29)31-5)8-9-20(26)24(21)25(18)30/h16-22,24,28H,6-15H2,1-5H3;6,16-17,19-22,24,28H,7-15H2,1-5H3/b;18-6+/t16-,17-,18?,19-,20+,21+,22+,24+,26-,27-;16-,17-,19-,20+,21+,22+,24+,26-,27-/m11/s1/i6D,18D;/t6?,16-,17-,18?,19-,20+,21+,22+,24+,26-,27-;. The summed E-state index contributed by atoms with van der Waals surface area (Å²) in [5, 5.41) is 20.8. The number of rotatable bonds is 9. The van der Waals surface area contributed by atoms with Crippen LogP contribution in [0.25, 0.3) is 0 Å². The van der Waals surface area contributed by atoms with E-state index in [9.17, 15) is 30.8 Å². The molecule has 8 saturated carbocycles. The highest BCUT2D eigenvalue weighted by atomic mass is 16.5. The van der Waals surface area contributed by atoms with Crippen molar-refractivity contribution in [1.29, 1.82) is 0 Å². The molecule has 0 aromatic heterocycles. The van der Waals surface area contributed by atoms with Gasteiger partial charge in [-0.1, -0.05) is 54.5 Å². The summed E-state index contributed by atoms with van der Waals surface area (Å²) in [6.45, 7) is 17.8. The molecule has 350 valence electrons. The Morgan fingerprint density at radius 1 is 0.694 bits per heavy atom. The minimum atomic E-state index is -1.44. The second kappa shape index (κ2) is 18.3. The first-order valence-corrected chi connectivity index (χ1v) is 25.2. The number of methoxy groups -OCH3 is 2. The van der Waals surface area contributed by atoms with Gasteiger partial charge in [0.25, 0.3) is 0 Å². The molecule has 20 atom stereocenters. The number of aliphatic hydroxyl groups is 2. The zero-order valence-electron chi connectivity index (χ0n) is 42.3. The van der Waals surface area contributed by atoms with E-state index in [0.717, 1.165) is 89.0 Å². The largest absolute Gasteiger partial charge is 0.469 e. The van der Waals surface area contributed by atoms with Gasteiger partial charge in [-0.3, -0.25) is 19.2 Å². The van der Waals surface area contributed by atoms with Gasteiger partial charge >= 0.3 is 11.9 Å². The molecule has 8 aliphatic carbocycles. The lowest BCUT2D eigenvalue weighted by Crippen LogP contribution is -2.60. The minimum absolute atomic E-state index is 0.00892. The van der Waals surface area contributed by atoms with E-state index < -0.39 is 18.4 Å². The predicted molar refractivity (Wildman–Crippen MR) is 242 cm³/mol. The number of Topliss-reactive ketones (excluding diaryl/α,β-unsaturated/α-hetero) is 2. The lowest BCUT2D eigenvalue weighted by molar-refractivity contribution is -0.173. The summed E-state index contributed by atoms with van der Waals surface area (Å²) in [5.41, 5.74) is 1.20. The van der Waals surface area contributed by atoms with Crippen molar-refractivity contribution in [2.75, 3.05) is 14.2 Å². The van der Waals surface area contributed by atoms with E-state index in [0.29, 0.717) is 60.6 Å². The van der Waals surface area contributed by atoms with Gasteiger partial charge < -0.3 is 19.7 Å². The maximum Gasteiger partial charge on any atom is 0.305 e. The molecule has 2 unspecified atom stereocenters. The first-order valence-electron chi connectivity index (χ1n) is 26.3. The van der Waals surface area contributed by atoms with E-state index in [1.807, 2.05) is 6.92 Å². The van der Waals surface area contributed by atoms with Gasteiger partial charge in [0.2, 0.25) is 0 Å². The van der Waals surface area contributed by atoms with Gasteiger partial charge in [0.15, 0.2) is 5.78 Å². The molecule has 0 aliphatic heterocycles. The average molecular weight is 865 g/mol. The Morgan fingerprint density at radius 2 is 1.15 bits per heavy atom.